The molecule has 0 aliphatic rings. The highest BCUT2D eigenvalue weighted by Gasteiger charge is 2.10. The van der Waals surface area contributed by atoms with Gasteiger partial charge in [0, 0.05) is 31.9 Å². The molecule has 1 rings (SSSR count). The molecule has 19 heavy (non-hydrogen) atoms. The Balaban J connectivity index is 2.92. The number of hydrogen-bond donors (Lipinski definition) is 1. The quantitative estimate of drug-likeness (QED) is 0.769. The summed E-state index contributed by atoms with van der Waals surface area (Å²) in [4.78, 5) is 23.8. The molecule has 2 N–H and O–H groups in total. The molecule has 5 heteroatoms. The van der Waals surface area contributed by atoms with E-state index in [1.165, 1.54) is 17.1 Å². The van der Waals surface area contributed by atoms with Crippen molar-refractivity contribution in [1.29, 1.82) is 0 Å². The van der Waals surface area contributed by atoms with Crippen LogP contribution >= 0.6 is 0 Å². The minimum Gasteiger partial charge on any atom is -0.329 e. The molecule has 0 aromatic carbocycles. The molecule has 1 heterocycles. The lowest BCUT2D eigenvalue weighted by atomic mass is 9.99. The van der Waals surface area contributed by atoms with E-state index in [1.807, 2.05) is 0 Å². The van der Waals surface area contributed by atoms with E-state index in [-0.39, 0.29) is 17.8 Å². The smallest absolute Gasteiger partial charge is 0.329 e. The molecule has 0 fully saturated rings. The van der Waals surface area contributed by atoms with Crippen molar-refractivity contribution in [1.82, 2.24) is 9.13 Å². The van der Waals surface area contributed by atoms with Gasteiger partial charge >= 0.3 is 5.69 Å². The summed E-state index contributed by atoms with van der Waals surface area (Å²) in [5.74, 6) is 0.487. The van der Waals surface area contributed by atoms with Gasteiger partial charge in [-0.3, -0.25) is 9.36 Å². The molecule has 1 atom stereocenters. The minimum atomic E-state index is -0.270. The third-order valence-corrected chi connectivity index (χ3v) is 3.49. The van der Waals surface area contributed by atoms with Crippen molar-refractivity contribution in [2.45, 2.75) is 52.6 Å². The van der Waals surface area contributed by atoms with Gasteiger partial charge in [0.25, 0.3) is 5.56 Å². The normalized spacial score (nSPS) is 12.6. The Morgan fingerprint density at radius 1 is 1.32 bits per heavy atom. The van der Waals surface area contributed by atoms with Crippen LogP contribution in [0.1, 0.15) is 39.5 Å². The third-order valence-electron chi connectivity index (χ3n) is 3.49. The van der Waals surface area contributed by atoms with Gasteiger partial charge in [-0.25, -0.2) is 4.79 Å². The second kappa shape index (κ2) is 7.94. The van der Waals surface area contributed by atoms with Gasteiger partial charge in [-0.05, 0) is 12.3 Å². The topological polar surface area (TPSA) is 70.0 Å². The maximum absolute atomic E-state index is 12.2. The van der Waals surface area contributed by atoms with Crippen LogP contribution in [0.2, 0.25) is 0 Å². The van der Waals surface area contributed by atoms with Crippen LogP contribution in [0.4, 0.5) is 0 Å². The highest BCUT2D eigenvalue weighted by atomic mass is 16.2. The first kappa shape index (κ1) is 15.7. The highest BCUT2D eigenvalue weighted by Crippen LogP contribution is 2.13. The average Bonchev–Trinajstić information content (AvgIpc) is 2.41. The SMILES string of the molecule is CCCCC(CC)Cn1ccc(=O)n(CCN)c1=O. The Kier molecular flexibility index (Phi) is 6.56. The van der Waals surface area contributed by atoms with Crippen molar-refractivity contribution in [2.75, 3.05) is 6.54 Å². The van der Waals surface area contributed by atoms with Gasteiger partial charge in [-0.1, -0.05) is 33.1 Å². The molecule has 1 aromatic rings. The summed E-state index contributed by atoms with van der Waals surface area (Å²) in [5.41, 5.74) is 4.92. The molecule has 0 spiro atoms. The summed E-state index contributed by atoms with van der Waals surface area (Å²) >= 11 is 0. The Labute approximate surface area is 114 Å². The third kappa shape index (κ3) is 4.35. The predicted octanol–water partition coefficient (Wildman–Crippen LogP) is 1.19. The van der Waals surface area contributed by atoms with Crippen LogP contribution in [0, 0.1) is 5.92 Å². The Morgan fingerprint density at radius 3 is 2.63 bits per heavy atom. The standard InChI is InChI=1S/C14H25N3O2/c1-3-5-6-12(4-2)11-16-9-7-13(18)17(10-8-15)14(16)19/h7,9,12H,3-6,8,10-11,15H2,1-2H3. The molecule has 0 aliphatic carbocycles. The van der Waals surface area contributed by atoms with Gasteiger partial charge < -0.3 is 10.3 Å². The zero-order valence-corrected chi connectivity index (χ0v) is 12.0. The number of hydrogen-bond acceptors (Lipinski definition) is 3. The van der Waals surface area contributed by atoms with Gasteiger partial charge in [0.05, 0.1) is 0 Å². The number of rotatable bonds is 8. The van der Waals surface area contributed by atoms with Crippen LogP contribution in [0.3, 0.4) is 0 Å². The maximum atomic E-state index is 12.2. The van der Waals surface area contributed by atoms with E-state index < -0.39 is 0 Å². The second-order valence-electron chi connectivity index (χ2n) is 4.95. The van der Waals surface area contributed by atoms with E-state index in [2.05, 4.69) is 13.8 Å². The number of aromatic nitrogens is 2. The molecule has 0 amide bonds. The highest BCUT2D eigenvalue weighted by molar-refractivity contribution is 4.87. The summed E-state index contributed by atoms with van der Waals surface area (Å²) in [5, 5.41) is 0. The van der Waals surface area contributed by atoms with Crippen molar-refractivity contribution in [3.8, 4) is 0 Å². The van der Waals surface area contributed by atoms with E-state index >= 15 is 0 Å². The van der Waals surface area contributed by atoms with E-state index in [0.717, 1.165) is 19.3 Å². The molecular formula is C14H25N3O2. The lowest BCUT2D eigenvalue weighted by Gasteiger charge is -2.16. The zero-order valence-electron chi connectivity index (χ0n) is 12.0. The molecule has 1 unspecified atom stereocenters. The Bertz CT molecular complexity index is 490. The molecule has 0 bridgehead atoms. The number of nitrogens with two attached hydrogens (primary N) is 1. The van der Waals surface area contributed by atoms with Gasteiger partial charge in [-0.2, -0.15) is 0 Å². The molecule has 108 valence electrons. The largest absolute Gasteiger partial charge is 0.331 e. The van der Waals surface area contributed by atoms with Gasteiger partial charge in [0.1, 0.15) is 0 Å². The lowest BCUT2D eigenvalue weighted by Crippen LogP contribution is -2.41. The fraction of sp³-hybridized carbons (Fsp3) is 0.714. The zero-order chi connectivity index (χ0) is 14.3. The fourth-order valence-electron chi connectivity index (χ4n) is 2.23. The minimum absolute atomic E-state index is 0.243. The van der Waals surface area contributed by atoms with E-state index in [4.69, 9.17) is 5.73 Å². The molecule has 0 saturated carbocycles. The van der Waals surface area contributed by atoms with Gasteiger partial charge in [-0.15, -0.1) is 0 Å². The van der Waals surface area contributed by atoms with E-state index in [1.54, 1.807) is 10.8 Å². The molecule has 5 nitrogen and oxygen atoms in total. The van der Waals surface area contributed by atoms with Crippen LogP contribution in [0.15, 0.2) is 21.9 Å². The molecular weight excluding hydrogens is 242 g/mol. The van der Waals surface area contributed by atoms with E-state index in [9.17, 15) is 9.59 Å². The average molecular weight is 267 g/mol. The van der Waals surface area contributed by atoms with Crippen LogP contribution in [-0.2, 0) is 13.1 Å². The maximum Gasteiger partial charge on any atom is 0.331 e. The Morgan fingerprint density at radius 2 is 2.05 bits per heavy atom. The van der Waals surface area contributed by atoms with Crippen molar-refractivity contribution < 1.29 is 0 Å². The second-order valence-corrected chi connectivity index (χ2v) is 4.95. The summed E-state index contributed by atoms with van der Waals surface area (Å²) in [6, 6.07) is 1.45. The first-order valence-electron chi connectivity index (χ1n) is 7.14. The molecule has 0 radical (unpaired) electrons. The first-order valence-corrected chi connectivity index (χ1v) is 7.14. The van der Waals surface area contributed by atoms with Crippen molar-refractivity contribution >= 4 is 0 Å². The van der Waals surface area contributed by atoms with Gasteiger partial charge in [0.15, 0.2) is 0 Å². The lowest BCUT2D eigenvalue weighted by molar-refractivity contribution is 0.375. The fourth-order valence-corrected chi connectivity index (χ4v) is 2.23. The van der Waals surface area contributed by atoms with Crippen molar-refractivity contribution in [3.05, 3.63) is 33.1 Å². The summed E-state index contributed by atoms with van der Waals surface area (Å²) in [6.45, 7) is 5.57. The monoisotopic (exact) mass is 267 g/mol. The van der Waals surface area contributed by atoms with Gasteiger partial charge in [0.2, 0.25) is 0 Å². The van der Waals surface area contributed by atoms with Crippen molar-refractivity contribution in [2.24, 2.45) is 11.7 Å². The molecule has 0 aliphatic heterocycles. The van der Waals surface area contributed by atoms with Crippen LogP contribution in [-0.4, -0.2) is 15.7 Å². The first-order chi connectivity index (χ1) is 9.13. The number of unbranched alkanes of at least 4 members (excludes halogenated alkanes) is 1. The molecule has 0 saturated heterocycles. The summed E-state index contributed by atoms with van der Waals surface area (Å²) < 4.78 is 2.85. The van der Waals surface area contributed by atoms with Crippen LogP contribution in [0.5, 0.6) is 0 Å². The van der Waals surface area contributed by atoms with E-state index in [0.29, 0.717) is 19.0 Å². The predicted molar refractivity (Wildman–Crippen MR) is 77.3 cm³/mol. The number of nitrogens with zero attached hydrogens (tertiary/aromatic N) is 2. The Hall–Kier alpha value is -1.36. The summed E-state index contributed by atoms with van der Waals surface area (Å²) in [7, 11) is 0. The summed E-state index contributed by atoms with van der Waals surface area (Å²) in [6.07, 6.45) is 6.11. The van der Waals surface area contributed by atoms with Crippen molar-refractivity contribution in [3.63, 3.8) is 0 Å². The molecule has 1 aromatic heterocycles. The van der Waals surface area contributed by atoms with Crippen LogP contribution in [0.25, 0.3) is 0 Å². The van der Waals surface area contributed by atoms with Crippen LogP contribution < -0.4 is 17.0 Å².